The monoisotopic (exact) mass is 526 g/mol. The predicted molar refractivity (Wildman–Crippen MR) is 134 cm³/mol. The molecule has 192 valence electrons. The largest absolute Gasteiger partial charge is 0.496 e. The Bertz CT molecular complexity index is 1540. The van der Waals surface area contributed by atoms with Gasteiger partial charge in [0.2, 0.25) is 4.96 Å². The lowest BCUT2D eigenvalue weighted by Crippen LogP contribution is -2.30. The second-order valence-electron chi connectivity index (χ2n) is 8.94. The summed E-state index contributed by atoms with van der Waals surface area (Å²) in [6.07, 6.45) is 1.11. The molecule has 0 spiro atoms. The number of imidazole rings is 1. The lowest BCUT2D eigenvalue weighted by atomic mass is 9.92. The predicted octanol–water partition coefficient (Wildman–Crippen LogP) is 6.19. The molecule has 8 nitrogen and oxygen atoms in total. The van der Waals surface area contributed by atoms with Crippen LogP contribution in [0.2, 0.25) is 0 Å². The average molecular weight is 527 g/mol. The van der Waals surface area contributed by atoms with Crippen LogP contribution in [0.4, 0.5) is 8.78 Å². The Kier molecular flexibility index (Phi) is 6.04. The maximum absolute atomic E-state index is 15.4. The fourth-order valence-electron chi connectivity index (χ4n) is 4.35. The first-order valence-corrected chi connectivity index (χ1v) is 12.7. The number of nitrogens with zero attached hydrogens (tertiary/aromatic N) is 4. The van der Waals surface area contributed by atoms with E-state index >= 15 is 4.39 Å². The first-order valence-electron chi connectivity index (χ1n) is 11.9. The number of aromatic nitrogens is 4. The summed E-state index contributed by atoms with van der Waals surface area (Å²) in [5.41, 5.74) is 0.638. The Hall–Kier alpha value is -3.57. The lowest BCUT2D eigenvalue weighted by Gasteiger charge is -2.29. The summed E-state index contributed by atoms with van der Waals surface area (Å²) in [4.78, 5) is 9.65. The highest BCUT2D eigenvalue weighted by Crippen LogP contribution is 2.38. The molecule has 1 aromatic carbocycles. The van der Waals surface area contributed by atoms with Crippen molar-refractivity contribution in [1.29, 1.82) is 0 Å². The number of methoxy groups -OCH3 is 1. The maximum atomic E-state index is 15.4. The number of hydrogen-bond donors (Lipinski definition) is 0. The third-order valence-corrected chi connectivity index (χ3v) is 7.46. The molecule has 5 heterocycles. The molecular weight excluding hydrogens is 502 g/mol. The van der Waals surface area contributed by atoms with E-state index in [9.17, 15) is 4.39 Å². The number of halogens is 2. The molecule has 6 rings (SSSR count). The smallest absolute Gasteiger partial charge is 0.212 e. The topological polar surface area (TPSA) is 83.9 Å². The van der Waals surface area contributed by atoms with Crippen molar-refractivity contribution >= 4 is 27.3 Å². The van der Waals surface area contributed by atoms with Crippen molar-refractivity contribution in [2.24, 2.45) is 0 Å². The zero-order valence-corrected chi connectivity index (χ0v) is 21.1. The Morgan fingerprint density at radius 3 is 2.78 bits per heavy atom. The van der Waals surface area contributed by atoms with Gasteiger partial charge in [0.15, 0.2) is 22.6 Å². The van der Waals surface area contributed by atoms with Gasteiger partial charge < -0.3 is 18.6 Å². The molecule has 1 saturated heterocycles. The number of benzene rings is 1. The van der Waals surface area contributed by atoms with Crippen LogP contribution in [0.15, 0.2) is 47.0 Å². The van der Waals surface area contributed by atoms with Crippen LogP contribution in [-0.4, -0.2) is 39.9 Å². The quantitative estimate of drug-likeness (QED) is 0.250. The minimum absolute atomic E-state index is 0.136. The van der Waals surface area contributed by atoms with E-state index in [2.05, 4.69) is 15.1 Å². The summed E-state index contributed by atoms with van der Waals surface area (Å²) < 4.78 is 53.5. The van der Waals surface area contributed by atoms with Gasteiger partial charge in [0.25, 0.3) is 0 Å². The number of rotatable bonds is 7. The lowest BCUT2D eigenvalue weighted by molar-refractivity contribution is -0.0140. The summed E-state index contributed by atoms with van der Waals surface area (Å²) in [6, 6.07) is 10.7. The molecular formula is C26H24F2N4O4S. The SMILES string of the molecule is COc1cc(OCc2cccc(C3(F)CCOCC3)n2)c2cc(-c3cn4nc(C(C)F)sc4n3)oc2c1. The van der Waals surface area contributed by atoms with Gasteiger partial charge in [-0.3, -0.25) is 4.98 Å². The summed E-state index contributed by atoms with van der Waals surface area (Å²) in [5, 5.41) is 5.33. The van der Waals surface area contributed by atoms with E-state index in [4.69, 9.17) is 18.6 Å². The van der Waals surface area contributed by atoms with Gasteiger partial charge in [-0.1, -0.05) is 17.4 Å². The Labute approximate surface area is 214 Å². The van der Waals surface area contributed by atoms with Crippen molar-refractivity contribution in [1.82, 2.24) is 19.6 Å². The molecule has 1 fully saturated rings. The zero-order valence-electron chi connectivity index (χ0n) is 20.2. The molecule has 1 unspecified atom stereocenters. The van der Waals surface area contributed by atoms with E-state index in [0.717, 1.165) is 5.39 Å². The molecule has 11 heteroatoms. The molecule has 1 atom stereocenters. The van der Waals surface area contributed by atoms with Crippen LogP contribution in [0.25, 0.3) is 27.4 Å². The number of ether oxygens (including phenoxy) is 3. The van der Waals surface area contributed by atoms with Crippen LogP contribution in [0.3, 0.4) is 0 Å². The van der Waals surface area contributed by atoms with Crippen molar-refractivity contribution in [3.8, 4) is 23.0 Å². The van der Waals surface area contributed by atoms with Gasteiger partial charge in [0, 0.05) is 25.0 Å². The van der Waals surface area contributed by atoms with Crippen LogP contribution in [0.5, 0.6) is 11.5 Å². The molecule has 1 aliphatic rings. The van der Waals surface area contributed by atoms with Crippen LogP contribution in [-0.2, 0) is 17.0 Å². The Morgan fingerprint density at radius 1 is 1.19 bits per heavy atom. The normalized spacial score (nSPS) is 16.3. The van der Waals surface area contributed by atoms with Crippen LogP contribution < -0.4 is 9.47 Å². The second-order valence-corrected chi connectivity index (χ2v) is 9.93. The first kappa shape index (κ1) is 23.8. The maximum Gasteiger partial charge on any atom is 0.212 e. The Balaban J connectivity index is 1.29. The van der Waals surface area contributed by atoms with Gasteiger partial charge in [-0.25, -0.2) is 18.3 Å². The fraction of sp³-hybridized carbons (Fsp3) is 0.346. The molecule has 0 radical (unpaired) electrons. The van der Waals surface area contributed by atoms with E-state index in [1.54, 1.807) is 42.1 Å². The molecule has 0 bridgehead atoms. The third-order valence-electron chi connectivity index (χ3n) is 6.39. The summed E-state index contributed by atoms with van der Waals surface area (Å²) in [7, 11) is 1.56. The summed E-state index contributed by atoms with van der Waals surface area (Å²) in [6.45, 7) is 2.34. The highest BCUT2D eigenvalue weighted by molar-refractivity contribution is 7.16. The fourth-order valence-corrected chi connectivity index (χ4v) is 5.16. The molecule has 0 saturated carbocycles. The minimum Gasteiger partial charge on any atom is -0.496 e. The number of alkyl halides is 2. The number of furan rings is 1. The summed E-state index contributed by atoms with van der Waals surface area (Å²) in [5.74, 6) is 1.61. The number of hydrogen-bond acceptors (Lipinski definition) is 8. The standard InChI is InChI=1S/C26H24F2N4O4S/c1-15(27)24-31-32-13-19(30-25(32)37-24)22-12-18-20(10-17(33-2)11-21(18)36-22)35-14-16-4-3-5-23(29-16)26(28)6-8-34-9-7-26/h3-5,10-13,15H,6-9,14H2,1-2H3. The van der Waals surface area contributed by atoms with E-state index < -0.39 is 11.8 Å². The van der Waals surface area contributed by atoms with Crippen molar-refractivity contribution in [3.05, 3.63) is 59.0 Å². The average Bonchev–Trinajstić information content (AvgIpc) is 3.61. The van der Waals surface area contributed by atoms with Gasteiger partial charge in [-0.15, -0.1) is 0 Å². The van der Waals surface area contributed by atoms with E-state index in [-0.39, 0.29) is 19.4 Å². The van der Waals surface area contributed by atoms with Crippen molar-refractivity contribution in [2.75, 3.05) is 20.3 Å². The van der Waals surface area contributed by atoms with Crippen molar-refractivity contribution in [2.45, 2.75) is 38.2 Å². The minimum atomic E-state index is -1.49. The molecule has 0 aliphatic carbocycles. The number of pyridine rings is 1. The molecule has 1 aliphatic heterocycles. The van der Waals surface area contributed by atoms with Gasteiger partial charge in [-0.2, -0.15) is 5.10 Å². The van der Waals surface area contributed by atoms with Crippen molar-refractivity contribution < 1.29 is 27.4 Å². The van der Waals surface area contributed by atoms with Gasteiger partial charge in [0.1, 0.15) is 29.4 Å². The summed E-state index contributed by atoms with van der Waals surface area (Å²) >= 11 is 1.19. The molecule has 4 aromatic heterocycles. The van der Waals surface area contributed by atoms with Crippen LogP contribution in [0.1, 0.15) is 42.3 Å². The molecule has 0 amide bonds. The van der Waals surface area contributed by atoms with Gasteiger partial charge in [0.05, 0.1) is 43.3 Å². The van der Waals surface area contributed by atoms with Crippen LogP contribution in [0, 0.1) is 0 Å². The molecule has 5 aromatic rings. The van der Waals surface area contributed by atoms with E-state index in [1.807, 2.05) is 12.1 Å². The van der Waals surface area contributed by atoms with Crippen molar-refractivity contribution in [3.63, 3.8) is 0 Å². The van der Waals surface area contributed by atoms with Gasteiger partial charge in [-0.05, 0) is 25.1 Å². The highest BCUT2D eigenvalue weighted by Gasteiger charge is 2.35. The molecule has 0 N–H and O–H groups in total. The first-order chi connectivity index (χ1) is 17.9. The second kappa shape index (κ2) is 9.38. The molecule has 37 heavy (non-hydrogen) atoms. The Morgan fingerprint density at radius 2 is 2.03 bits per heavy atom. The van der Waals surface area contributed by atoms with E-state index in [1.165, 1.54) is 18.3 Å². The highest BCUT2D eigenvalue weighted by atomic mass is 32.1. The third kappa shape index (κ3) is 4.53. The van der Waals surface area contributed by atoms with E-state index in [0.29, 0.717) is 63.1 Å². The zero-order chi connectivity index (χ0) is 25.6. The number of fused-ring (bicyclic) bond motifs is 2. The van der Waals surface area contributed by atoms with Gasteiger partial charge >= 0.3 is 0 Å². The van der Waals surface area contributed by atoms with Crippen LogP contribution >= 0.6 is 11.3 Å².